The molecular formula is C22H17F5N4O2. The second kappa shape index (κ2) is 8.05. The number of pyridine rings is 1. The van der Waals surface area contributed by atoms with Crippen LogP contribution in [0, 0.1) is 11.6 Å². The number of nitrogens with zero attached hydrogens (tertiary/aromatic N) is 4. The molecule has 0 spiro atoms. The number of benzene rings is 1. The molecule has 0 aliphatic carbocycles. The Bertz CT molecular complexity index is 1230. The number of hydrogen-bond acceptors (Lipinski definition) is 5. The van der Waals surface area contributed by atoms with E-state index < -0.39 is 40.5 Å². The molecule has 3 heterocycles. The second-order valence-electron chi connectivity index (χ2n) is 8.11. The van der Waals surface area contributed by atoms with Gasteiger partial charge in [-0.25, -0.2) is 18.4 Å². The highest BCUT2D eigenvalue weighted by molar-refractivity contribution is 6.00. The minimum atomic E-state index is -4.72. The van der Waals surface area contributed by atoms with Crippen molar-refractivity contribution in [3.05, 3.63) is 76.7 Å². The van der Waals surface area contributed by atoms with E-state index in [0.29, 0.717) is 4.68 Å². The van der Waals surface area contributed by atoms with Crippen molar-refractivity contribution in [3.63, 3.8) is 0 Å². The Balaban J connectivity index is 1.62. The van der Waals surface area contributed by atoms with Gasteiger partial charge in [0.15, 0.2) is 17.3 Å². The molecule has 1 aliphatic rings. The van der Waals surface area contributed by atoms with E-state index in [1.165, 1.54) is 12.1 Å². The standard InChI is InChI=1S/C22H17F5N4O2/c1-21(2)10-16(30-33-21)15-9-18(22(25,26)27)31(29-15)19-7-6-12(11-28-19)8-17(32)20-13(23)4-3-5-14(20)24/h3-7,9,11H,8,10H2,1-2H3. The third-order valence-electron chi connectivity index (χ3n) is 4.92. The molecule has 172 valence electrons. The Morgan fingerprint density at radius 1 is 1.15 bits per heavy atom. The number of hydrogen-bond donors (Lipinski definition) is 0. The van der Waals surface area contributed by atoms with Crippen LogP contribution < -0.4 is 0 Å². The number of halogens is 5. The molecule has 1 aliphatic heterocycles. The lowest BCUT2D eigenvalue weighted by Crippen LogP contribution is -2.19. The summed E-state index contributed by atoms with van der Waals surface area (Å²) in [6, 6.07) is 6.52. The molecule has 11 heteroatoms. The van der Waals surface area contributed by atoms with Gasteiger partial charge in [-0.05, 0) is 43.7 Å². The molecule has 0 atom stereocenters. The molecule has 0 radical (unpaired) electrons. The first-order valence-electron chi connectivity index (χ1n) is 9.80. The highest BCUT2D eigenvalue weighted by Crippen LogP contribution is 2.33. The lowest BCUT2D eigenvalue weighted by atomic mass is 10.0. The Morgan fingerprint density at radius 2 is 1.85 bits per heavy atom. The number of carbonyl (C=O) groups is 1. The molecule has 4 rings (SSSR count). The van der Waals surface area contributed by atoms with Gasteiger partial charge in [0.25, 0.3) is 0 Å². The van der Waals surface area contributed by atoms with Crippen LogP contribution in [0.4, 0.5) is 22.0 Å². The Labute approximate surface area is 184 Å². The van der Waals surface area contributed by atoms with Crippen molar-refractivity contribution in [1.82, 2.24) is 14.8 Å². The van der Waals surface area contributed by atoms with Crippen LogP contribution in [0.5, 0.6) is 0 Å². The van der Waals surface area contributed by atoms with Gasteiger partial charge >= 0.3 is 6.18 Å². The quantitative estimate of drug-likeness (QED) is 0.398. The minimum absolute atomic E-state index is 0.00369. The summed E-state index contributed by atoms with van der Waals surface area (Å²) in [5, 5.41) is 7.85. The van der Waals surface area contributed by atoms with E-state index in [-0.39, 0.29) is 35.6 Å². The van der Waals surface area contributed by atoms with E-state index in [0.717, 1.165) is 30.5 Å². The van der Waals surface area contributed by atoms with Crippen molar-refractivity contribution >= 4 is 11.5 Å². The predicted molar refractivity (Wildman–Crippen MR) is 107 cm³/mol. The number of rotatable bonds is 5. The Hall–Kier alpha value is -3.63. The summed E-state index contributed by atoms with van der Waals surface area (Å²) in [5.74, 6) is -2.96. The van der Waals surface area contributed by atoms with Crippen LogP contribution in [0.25, 0.3) is 5.82 Å². The zero-order valence-electron chi connectivity index (χ0n) is 17.5. The smallest absolute Gasteiger partial charge is 0.389 e. The van der Waals surface area contributed by atoms with E-state index in [1.807, 2.05) is 0 Å². The van der Waals surface area contributed by atoms with Crippen molar-refractivity contribution in [2.24, 2.45) is 5.16 Å². The number of alkyl halides is 3. The number of Topliss-reactive ketones (excluding diaryl/α,β-unsaturated/α-hetero) is 1. The van der Waals surface area contributed by atoms with E-state index >= 15 is 0 Å². The topological polar surface area (TPSA) is 69.4 Å². The van der Waals surface area contributed by atoms with Crippen LogP contribution in [0.3, 0.4) is 0 Å². The molecule has 0 N–H and O–H groups in total. The molecular weight excluding hydrogens is 447 g/mol. The zero-order chi connectivity index (χ0) is 24.0. The van der Waals surface area contributed by atoms with Crippen LogP contribution in [-0.4, -0.2) is 31.9 Å². The average Bonchev–Trinajstić information content (AvgIpc) is 3.32. The van der Waals surface area contributed by atoms with Gasteiger partial charge < -0.3 is 4.84 Å². The van der Waals surface area contributed by atoms with Crippen LogP contribution in [-0.2, 0) is 17.4 Å². The van der Waals surface area contributed by atoms with Gasteiger partial charge in [-0.3, -0.25) is 4.79 Å². The fourth-order valence-corrected chi connectivity index (χ4v) is 3.37. The molecule has 3 aromatic rings. The fraction of sp³-hybridized carbons (Fsp3) is 0.273. The first-order valence-corrected chi connectivity index (χ1v) is 9.80. The molecule has 0 fully saturated rings. The van der Waals surface area contributed by atoms with Gasteiger partial charge in [0.05, 0.1) is 5.56 Å². The van der Waals surface area contributed by atoms with E-state index in [4.69, 9.17) is 4.84 Å². The molecule has 0 unspecified atom stereocenters. The first kappa shape index (κ1) is 22.6. The monoisotopic (exact) mass is 464 g/mol. The van der Waals surface area contributed by atoms with Crippen molar-refractivity contribution in [2.45, 2.75) is 38.5 Å². The van der Waals surface area contributed by atoms with Crippen molar-refractivity contribution in [3.8, 4) is 5.82 Å². The van der Waals surface area contributed by atoms with Gasteiger partial charge in [-0.1, -0.05) is 17.3 Å². The molecule has 0 saturated carbocycles. The van der Waals surface area contributed by atoms with Crippen molar-refractivity contribution in [2.75, 3.05) is 0 Å². The Kier molecular flexibility index (Phi) is 5.51. The number of carbonyl (C=O) groups excluding carboxylic acids is 1. The maximum atomic E-state index is 13.8. The van der Waals surface area contributed by atoms with Crippen LogP contribution >= 0.6 is 0 Å². The van der Waals surface area contributed by atoms with Gasteiger partial charge in [0.1, 0.15) is 28.6 Å². The summed E-state index contributed by atoms with van der Waals surface area (Å²) < 4.78 is 69.1. The molecule has 33 heavy (non-hydrogen) atoms. The van der Waals surface area contributed by atoms with Gasteiger partial charge in [0, 0.05) is 19.0 Å². The molecule has 1 aromatic carbocycles. The molecule has 0 bridgehead atoms. The third kappa shape index (κ3) is 4.62. The summed E-state index contributed by atoms with van der Waals surface area (Å²) in [6.07, 6.45) is -3.67. The maximum absolute atomic E-state index is 13.8. The largest absolute Gasteiger partial charge is 0.433 e. The summed E-state index contributed by atoms with van der Waals surface area (Å²) in [6.45, 7) is 3.50. The molecule has 0 amide bonds. The lowest BCUT2D eigenvalue weighted by Gasteiger charge is -2.12. The average molecular weight is 464 g/mol. The minimum Gasteiger partial charge on any atom is -0.389 e. The summed E-state index contributed by atoms with van der Waals surface area (Å²) >= 11 is 0. The van der Waals surface area contributed by atoms with E-state index in [1.54, 1.807) is 13.8 Å². The zero-order valence-corrected chi connectivity index (χ0v) is 17.5. The van der Waals surface area contributed by atoms with E-state index in [2.05, 4.69) is 15.2 Å². The third-order valence-corrected chi connectivity index (χ3v) is 4.92. The van der Waals surface area contributed by atoms with Crippen molar-refractivity contribution < 1.29 is 31.6 Å². The highest BCUT2D eigenvalue weighted by Gasteiger charge is 2.39. The van der Waals surface area contributed by atoms with E-state index in [9.17, 15) is 26.7 Å². The summed E-state index contributed by atoms with van der Waals surface area (Å²) in [7, 11) is 0. The van der Waals surface area contributed by atoms with Gasteiger partial charge in [-0.15, -0.1) is 0 Å². The number of ketones is 1. The maximum Gasteiger partial charge on any atom is 0.433 e. The van der Waals surface area contributed by atoms with Crippen LogP contribution in [0.15, 0.2) is 47.8 Å². The van der Waals surface area contributed by atoms with Gasteiger partial charge in [0.2, 0.25) is 0 Å². The Morgan fingerprint density at radius 3 is 2.39 bits per heavy atom. The summed E-state index contributed by atoms with van der Waals surface area (Å²) in [5.41, 5.74) is -1.85. The second-order valence-corrected chi connectivity index (χ2v) is 8.11. The lowest BCUT2D eigenvalue weighted by molar-refractivity contribution is -0.142. The normalized spacial score (nSPS) is 15.3. The number of oxime groups is 1. The SMILES string of the molecule is CC1(C)CC(c2cc(C(F)(F)F)n(-c3ccc(CC(=O)c4c(F)cccc4F)cn3)n2)=NO1. The number of aromatic nitrogens is 3. The van der Waals surface area contributed by atoms with Crippen LogP contribution in [0.1, 0.15) is 47.6 Å². The van der Waals surface area contributed by atoms with Gasteiger partial charge in [-0.2, -0.15) is 18.3 Å². The first-order chi connectivity index (χ1) is 15.4. The molecule has 2 aromatic heterocycles. The highest BCUT2D eigenvalue weighted by atomic mass is 19.4. The predicted octanol–water partition coefficient (Wildman–Crippen LogP) is 4.89. The summed E-state index contributed by atoms with van der Waals surface area (Å²) in [4.78, 5) is 21.5. The van der Waals surface area contributed by atoms with Crippen LogP contribution in [0.2, 0.25) is 0 Å². The molecule has 0 saturated heterocycles. The molecule has 6 nitrogen and oxygen atoms in total. The fourth-order valence-electron chi connectivity index (χ4n) is 3.37. The van der Waals surface area contributed by atoms with Crippen molar-refractivity contribution in [1.29, 1.82) is 0 Å².